The molecule has 1 aromatic rings. The Labute approximate surface area is 176 Å². The first-order valence-corrected chi connectivity index (χ1v) is 11.1. The summed E-state index contributed by atoms with van der Waals surface area (Å²) in [6.07, 6.45) is 4.00. The molecule has 0 aromatic heterocycles. The van der Waals surface area contributed by atoms with Gasteiger partial charge in [-0.1, -0.05) is 55.2 Å². The second-order valence-corrected chi connectivity index (χ2v) is 9.05. The van der Waals surface area contributed by atoms with Crippen molar-refractivity contribution in [2.75, 3.05) is 39.8 Å². The van der Waals surface area contributed by atoms with Crippen LogP contribution in [0.5, 0.6) is 0 Å². The lowest BCUT2D eigenvalue weighted by atomic mass is 10.1. The first kappa shape index (κ1) is 21.0. The fourth-order valence-corrected chi connectivity index (χ4v) is 4.69. The highest BCUT2D eigenvalue weighted by Gasteiger charge is 2.32. The van der Waals surface area contributed by atoms with E-state index in [1.165, 1.54) is 22.2 Å². The van der Waals surface area contributed by atoms with Gasteiger partial charge in [0.05, 0.1) is 38.1 Å². The van der Waals surface area contributed by atoms with E-state index >= 15 is 0 Å². The SMILES string of the molecule is CCc1ccc(/C=C2/SC(=S)N(CCCC(=O)N3CC[NH+](C)CC3)C2=O)cc1. The summed E-state index contributed by atoms with van der Waals surface area (Å²) in [5.74, 6) is 0.134. The van der Waals surface area contributed by atoms with Crippen LogP contribution in [0.25, 0.3) is 6.08 Å². The summed E-state index contributed by atoms with van der Waals surface area (Å²) in [5.41, 5.74) is 2.28. The number of carbonyl (C=O) groups is 2. The van der Waals surface area contributed by atoms with Gasteiger partial charge in [0.2, 0.25) is 5.91 Å². The fourth-order valence-electron chi connectivity index (χ4n) is 3.38. The fraction of sp³-hybridized carbons (Fsp3) is 0.476. The second-order valence-electron chi connectivity index (χ2n) is 7.37. The molecule has 2 fully saturated rings. The zero-order valence-corrected chi connectivity index (χ0v) is 18.2. The van der Waals surface area contributed by atoms with E-state index in [0.29, 0.717) is 28.6 Å². The number of piperazine rings is 1. The minimum Gasteiger partial charge on any atom is -0.334 e. The molecule has 0 atom stereocenters. The molecule has 2 amide bonds. The highest BCUT2D eigenvalue weighted by molar-refractivity contribution is 8.26. The third-order valence-electron chi connectivity index (χ3n) is 5.30. The molecule has 0 spiro atoms. The molecular weight excluding hydrogens is 390 g/mol. The number of nitrogens with zero attached hydrogens (tertiary/aromatic N) is 2. The number of aryl methyl sites for hydroxylation is 1. The monoisotopic (exact) mass is 418 g/mol. The van der Waals surface area contributed by atoms with Crippen LogP contribution >= 0.6 is 24.0 Å². The van der Waals surface area contributed by atoms with E-state index in [0.717, 1.165) is 38.2 Å². The number of quaternary nitrogens is 1. The van der Waals surface area contributed by atoms with E-state index in [9.17, 15) is 9.59 Å². The van der Waals surface area contributed by atoms with Crippen molar-refractivity contribution in [1.82, 2.24) is 9.80 Å². The minimum atomic E-state index is -0.0507. The molecule has 150 valence electrons. The van der Waals surface area contributed by atoms with Gasteiger partial charge in [0.1, 0.15) is 4.32 Å². The average Bonchev–Trinajstić information content (AvgIpc) is 2.96. The smallest absolute Gasteiger partial charge is 0.266 e. The van der Waals surface area contributed by atoms with Gasteiger partial charge >= 0.3 is 0 Å². The molecule has 0 aliphatic carbocycles. The third kappa shape index (κ3) is 5.21. The molecule has 28 heavy (non-hydrogen) atoms. The molecular formula is C21H28N3O2S2+. The van der Waals surface area contributed by atoms with Crippen LogP contribution in [0.15, 0.2) is 29.2 Å². The highest BCUT2D eigenvalue weighted by atomic mass is 32.2. The van der Waals surface area contributed by atoms with Crippen LogP contribution in [0, 0.1) is 0 Å². The Morgan fingerprint density at radius 2 is 1.93 bits per heavy atom. The third-order valence-corrected chi connectivity index (χ3v) is 6.68. The number of amides is 2. The van der Waals surface area contributed by atoms with Gasteiger partial charge in [-0.05, 0) is 30.0 Å². The van der Waals surface area contributed by atoms with Gasteiger partial charge in [-0.2, -0.15) is 0 Å². The first-order valence-electron chi connectivity index (χ1n) is 9.91. The molecule has 5 nitrogen and oxygen atoms in total. The van der Waals surface area contributed by atoms with Gasteiger partial charge in [0.25, 0.3) is 5.91 Å². The predicted octanol–water partition coefficient (Wildman–Crippen LogP) is 1.59. The summed E-state index contributed by atoms with van der Waals surface area (Å²) >= 11 is 6.74. The molecule has 2 aliphatic heterocycles. The molecule has 0 unspecified atom stereocenters. The van der Waals surface area contributed by atoms with Gasteiger partial charge in [0.15, 0.2) is 0 Å². The van der Waals surface area contributed by atoms with Crippen LogP contribution < -0.4 is 4.90 Å². The largest absolute Gasteiger partial charge is 0.334 e. The lowest BCUT2D eigenvalue weighted by Crippen LogP contribution is -3.12. The quantitative estimate of drug-likeness (QED) is 0.563. The van der Waals surface area contributed by atoms with E-state index in [4.69, 9.17) is 12.2 Å². The minimum absolute atomic E-state index is 0.0507. The summed E-state index contributed by atoms with van der Waals surface area (Å²) in [7, 11) is 2.16. The van der Waals surface area contributed by atoms with Gasteiger partial charge in [-0.15, -0.1) is 0 Å². The number of carbonyl (C=O) groups excluding carboxylic acids is 2. The standard InChI is InChI=1S/C21H27N3O2S2/c1-3-16-6-8-17(9-7-16)15-18-20(26)24(21(27)28-18)10-4-5-19(25)23-13-11-22(2)12-14-23/h6-9,15H,3-5,10-14H2,1-2H3/p+1/b18-15+. The lowest BCUT2D eigenvalue weighted by Gasteiger charge is -2.30. The first-order chi connectivity index (χ1) is 13.5. The van der Waals surface area contributed by atoms with E-state index in [2.05, 4.69) is 26.1 Å². The van der Waals surface area contributed by atoms with Crippen molar-refractivity contribution in [3.05, 3.63) is 40.3 Å². The van der Waals surface area contributed by atoms with E-state index in [1.807, 2.05) is 23.1 Å². The average molecular weight is 419 g/mol. The Kier molecular flexibility index (Phi) is 7.26. The van der Waals surface area contributed by atoms with Crippen LogP contribution in [0.1, 0.15) is 30.9 Å². The Morgan fingerprint density at radius 1 is 1.25 bits per heavy atom. The molecule has 7 heteroatoms. The van der Waals surface area contributed by atoms with Crippen LogP contribution in [-0.4, -0.2) is 65.7 Å². The van der Waals surface area contributed by atoms with Crippen molar-refractivity contribution in [2.24, 2.45) is 0 Å². The van der Waals surface area contributed by atoms with E-state index in [1.54, 1.807) is 4.90 Å². The van der Waals surface area contributed by atoms with E-state index in [-0.39, 0.29) is 11.8 Å². The number of thioether (sulfide) groups is 1. The summed E-state index contributed by atoms with van der Waals surface area (Å²) in [6.45, 7) is 6.28. The number of benzene rings is 1. The summed E-state index contributed by atoms with van der Waals surface area (Å²) in [4.78, 5) is 30.8. The molecule has 1 N–H and O–H groups in total. The van der Waals surface area contributed by atoms with Gasteiger partial charge < -0.3 is 9.80 Å². The zero-order chi connectivity index (χ0) is 20.1. The molecule has 3 rings (SSSR count). The zero-order valence-electron chi connectivity index (χ0n) is 16.6. The van der Waals surface area contributed by atoms with E-state index < -0.39 is 0 Å². The molecule has 0 saturated carbocycles. The van der Waals surface area contributed by atoms with Crippen molar-refractivity contribution in [3.8, 4) is 0 Å². The van der Waals surface area contributed by atoms with Crippen molar-refractivity contribution in [2.45, 2.75) is 26.2 Å². The predicted molar refractivity (Wildman–Crippen MR) is 118 cm³/mol. The van der Waals surface area contributed by atoms with Crippen LogP contribution in [-0.2, 0) is 16.0 Å². The number of nitrogens with one attached hydrogen (secondary N) is 1. The molecule has 0 bridgehead atoms. The van der Waals surface area contributed by atoms with Crippen LogP contribution in [0.2, 0.25) is 0 Å². The number of hydrogen-bond acceptors (Lipinski definition) is 4. The molecule has 2 saturated heterocycles. The molecule has 0 radical (unpaired) electrons. The summed E-state index contributed by atoms with van der Waals surface area (Å²) < 4.78 is 0.581. The maximum atomic E-state index is 12.7. The van der Waals surface area contributed by atoms with Crippen LogP contribution in [0.4, 0.5) is 0 Å². The topological polar surface area (TPSA) is 45.1 Å². The number of rotatable bonds is 6. The highest BCUT2D eigenvalue weighted by Crippen LogP contribution is 2.32. The Hall–Kier alpha value is -1.70. The second kappa shape index (κ2) is 9.67. The van der Waals surface area contributed by atoms with Crippen molar-refractivity contribution < 1.29 is 14.5 Å². The maximum absolute atomic E-state index is 12.7. The van der Waals surface area contributed by atoms with Crippen molar-refractivity contribution >= 4 is 46.2 Å². The Bertz CT molecular complexity index is 768. The maximum Gasteiger partial charge on any atom is 0.266 e. The Balaban J connectivity index is 1.52. The van der Waals surface area contributed by atoms with Gasteiger partial charge in [-0.3, -0.25) is 14.5 Å². The van der Waals surface area contributed by atoms with Gasteiger partial charge in [-0.25, -0.2) is 0 Å². The van der Waals surface area contributed by atoms with Crippen molar-refractivity contribution in [1.29, 1.82) is 0 Å². The number of likely N-dealkylation sites (N-methyl/N-ethyl adjacent to an activating group) is 1. The molecule has 2 aliphatic rings. The molecule has 1 aromatic carbocycles. The Morgan fingerprint density at radius 3 is 2.57 bits per heavy atom. The van der Waals surface area contributed by atoms with Crippen LogP contribution in [0.3, 0.4) is 0 Å². The van der Waals surface area contributed by atoms with Crippen molar-refractivity contribution in [3.63, 3.8) is 0 Å². The summed E-state index contributed by atoms with van der Waals surface area (Å²) in [5, 5.41) is 0. The number of hydrogen-bond donors (Lipinski definition) is 1. The molecule has 2 heterocycles. The lowest BCUT2D eigenvalue weighted by molar-refractivity contribution is -0.883. The van der Waals surface area contributed by atoms with Gasteiger partial charge in [0, 0.05) is 13.0 Å². The number of thiocarbonyl (C=S) groups is 1. The normalized spacial score (nSPS) is 19.7. The summed E-state index contributed by atoms with van der Waals surface area (Å²) in [6, 6.07) is 8.22.